The summed E-state index contributed by atoms with van der Waals surface area (Å²) in [6.07, 6.45) is 3.73. The minimum absolute atomic E-state index is 0.363. The van der Waals surface area contributed by atoms with Gasteiger partial charge in [-0.25, -0.2) is 9.78 Å². The molecule has 1 aromatic carbocycles. The van der Waals surface area contributed by atoms with Crippen molar-refractivity contribution in [1.82, 2.24) is 15.2 Å². The van der Waals surface area contributed by atoms with Crippen LogP contribution in [0, 0.1) is 19.8 Å². The Hall–Kier alpha value is -2.95. The van der Waals surface area contributed by atoms with Crippen molar-refractivity contribution in [1.29, 1.82) is 0 Å². The van der Waals surface area contributed by atoms with Gasteiger partial charge < -0.3 is 5.11 Å². The Morgan fingerprint density at radius 2 is 2.04 bits per heavy atom. The van der Waals surface area contributed by atoms with Crippen LogP contribution in [0.3, 0.4) is 0 Å². The average Bonchev–Trinajstić information content (AvgIpc) is 2.91. The molecule has 2 heterocycles. The normalized spacial score (nSPS) is 18.3. The molecule has 0 saturated heterocycles. The van der Waals surface area contributed by atoms with Crippen LogP contribution in [0.2, 0.25) is 0 Å². The number of hydrogen-bond acceptors (Lipinski definition) is 3. The fourth-order valence-corrected chi connectivity index (χ4v) is 3.93. The Labute approximate surface area is 151 Å². The summed E-state index contributed by atoms with van der Waals surface area (Å²) < 4.78 is 0. The zero-order valence-electron chi connectivity index (χ0n) is 15.1. The number of rotatable bonds is 2. The number of aromatic carboxylic acids is 1. The van der Waals surface area contributed by atoms with E-state index in [9.17, 15) is 9.90 Å². The van der Waals surface area contributed by atoms with Crippen LogP contribution >= 0.6 is 0 Å². The van der Waals surface area contributed by atoms with Crippen LogP contribution < -0.4 is 0 Å². The highest BCUT2D eigenvalue weighted by Gasteiger charge is 2.28. The molecule has 3 aromatic rings. The Morgan fingerprint density at radius 3 is 2.73 bits per heavy atom. The van der Waals surface area contributed by atoms with Crippen molar-refractivity contribution in [2.45, 2.75) is 33.6 Å². The maximum absolute atomic E-state index is 12.1. The van der Waals surface area contributed by atoms with E-state index >= 15 is 0 Å². The lowest BCUT2D eigenvalue weighted by atomic mass is 9.80. The van der Waals surface area contributed by atoms with Crippen LogP contribution in [-0.2, 0) is 6.42 Å². The van der Waals surface area contributed by atoms with E-state index in [1.54, 1.807) is 0 Å². The fourth-order valence-electron chi connectivity index (χ4n) is 3.93. The largest absolute Gasteiger partial charge is 0.478 e. The fraction of sp³-hybridized carbons (Fsp3) is 0.286. The van der Waals surface area contributed by atoms with Gasteiger partial charge in [0.25, 0.3) is 0 Å². The van der Waals surface area contributed by atoms with E-state index in [1.165, 1.54) is 0 Å². The number of benzene rings is 1. The van der Waals surface area contributed by atoms with Gasteiger partial charge in [-0.15, -0.1) is 0 Å². The standard InChI is InChI=1S/C21H21N3O2/c1-11-8-14(10-16-12(2)23-24-13(16)3)20-17(9-11)19(21(25)26)15-6-4-5-7-18(15)22-20/h4-7,10-11H,8-9H2,1-3H3,(H,23,24)(H,25,26)/b14-10+/t11-/m0/s1. The Balaban J connectivity index is 2.02. The number of aromatic amines is 1. The van der Waals surface area contributed by atoms with Crippen molar-refractivity contribution < 1.29 is 9.90 Å². The predicted octanol–water partition coefficient (Wildman–Crippen LogP) is 4.40. The summed E-state index contributed by atoms with van der Waals surface area (Å²) in [4.78, 5) is 16.9. The minimum Gasteiger partial charge on any atom is -0.478 e. The number of allylic oxidation sites excluding steroid dienone is 1. The molecule has 0 saturated carbocycles. The molecular weight excluding hydrogens is 326 g/mol. The molecule has 5 heteroatoms. The minimum atomic E-state index is -0.885. The van der Waals surface area contributed by atoms with Gasteiger partial charge in [0.2, 0.25) is 0 Å². The highest BCUT2D eigenvalue weighted by atomic mass is 16.4. The van der Waals surface area contributed by atoms with Crippen LogP contribution in [-0.4, -0.2) is 26.3 Å². The number of nitrogens with one attached hydrogen (secondary N) is 1. The van der Waals surface area contributed by atoms with E-state index in [1.807, 2.05) is 38.1 Å². The van der Waals surface area contributed by atoms with Gasteiger partial charge in [-0.05, 0) is 55.9 Å². The van der Waals surface area contributed by atoms with Crippen molar-refractivity contribution in [3.05, 3.63) is 58.0 Å². The molecule has 2 aromatic heterocycles. The SMILES string of the molecule is Cc1n[nH]c(C)c1/C=C1\C[C@H](C)Cc2c1nc1ccccc1c2C(=O)O. The number of fused-ring (bicyclic) bond motifs is 2. The second-order valence-corrected chi connectivity index (χ2v) is 7.17. The first kappa shape index (κ1) is 16.5. The molecule has 132 valence electrons. The zero-order chi connectivity index (χ0) is 18.4. The number of pyridine rings is 1. The molecule has 0 aliphatic heterocycles. The lowest BCUT2D eigenvalue weighted by Gasteiger charge is -2.26. The lowest BCUT2D eigenvalue weighted by Crippen LogP contribution is -2.17. The van der Waals surface area contributed by atoms with Crippen molar-refractivity contribution in [3.8, 4) is 0 Å². The molecular formula is C21H21N3O2. The van der Waals surface area contributed by atoms with Crippen LogP contribution in [0.4, 0.5) is 0 Å². The third-order valence-electron chi connectivity index (χ3n) is 5.14. The van der Waals surface area contributed by atoms with Gasteiger partial charge in [0.1, 0.15) is 0 Å². The highest BCUT2D eigenvalue weighted by Crippen LogP contribution is 2.38. The van der Waals surface area contributed by atoms with E-state index in [2.05, 4.69) is 23.2 Å². The molecule has 0 spiro atoms. The van der Waals surface area contributed by atoms with E-state index in [0.29, 0.717) is 16.9 Å². The van der Waals surface area contributed by atoms with E-state index in [4.69, 9.17) is 4.98 Å². The maximum Gasteiger partial charge on any atom is 0.336 e. The van der Waals surface area contributed by atoms with Gasteiger partial charge >= 0.3 is 5.97 Å². The molecule has 1 aliphatic carbocycles. The molecule has 1 aliphatic rings. The molecule has 26 heavy (non-hydrogen) atoms. The third kappa shape index (κ3) is 2.60. The van der Waals surface area contributed by atoms with Gasteiger partial charge in [0, 0.05) is 16.6 Å². The number of carboxylic acids is 1. The smallest absolute Gasteiger partial charge is 0.336 e. The summed E-state index contributed by atoms with van der Waals surface area (Å²) in [5.41, 5.74) is 6.88. The maximum atomic E-state index is 12.1. The quantitative estimate of drug-likeness (QED) is 0.720. The van der Waals surface area contributed by atoms with Gasteiger partial charge in [-0.3, -0.25) is 5.10 Å². The molecule has 0 fully saturated rings. The van der Waals surface area contributed by atoms with E-state index in [0.717, 1.165) is 52.1 Å². The van der Waals surface area contributed by atoms with Crippen molar-refractivity contribution in [2.24, 2.45) is 5.92 Å². The number of carboxylic acid groups (broad SMARTS) is 1. The van der Waals surface area contributed by atoms with Crippen LogP contribution in [0.25, 0.3) is 22.6 Å². The number of para-hydroxylation sites is 1. The second kappa shape index (κ2) is 6.09. The van der Waals surface area contributed by atoms with Crippen LogP contribution in [0.15, 0.2) is 24.3 Å². The van der Waals surface area contributed by atoms with Gasteiger partial charge in [0.05, 0.1) is 22.5 Å². The molecule has 4 rings (SSSR count). The Kier molecular flexibility index (Phi) is 3.87. The number of hydrogen-bond donors (Lipinski definition) is 2. The zero-order valence-corrected chi connectivity index (χ0v) is 15.1. The summed E-state index contributed by atoms with van der Waals surface area (Å²) in [6.45, 7) is 6.13. The number of aryl methyl sites for hydroxylation is 2. The summed E-state index contributed by atoms with van der Waals surface area (Å²) >= 11 is 0. The first-order valence-electron chi connectivity index (χ1n) is 8.83. The van der Waals surface area contributed by atoms with Gasteiger partial charge in [0.15, 0.2) is 0 Å². The number of H-pyrrole nitrogens is 1. The van der Waals surface area contributed by atoms with Crippen LogP contribution in [0.5, 0.6) is 0 Å². The molecule has 1 atom stereocenters. The number of nitrogens with zero attached hydrogens (tertiary/aromatic N) is 2. The summed E-state index contributed by atoms with van der Waals surface area (Å²) in [6, 6.07) is 7.49. The molecule has 0 unspecified atom stereocenters. The molecule has 5 nitrogen and oxygen atoms in total. The molecule has 2 N–H and O–H groups in total. The first-order valence-corrected chi connectivity index (χ1v) is 8.83. The average molecular weight is 347 g/mol. The first-order chi connectivity index (χ1) is 12.5. The Morgan fingerprint density at radius 1 is 1.27 bits per heavy atom. The number of carbonyl (C=O) groups is 1. The second-order valence-electron chi connectivity index (χ2n) is 7.17. The number of aromatic nitrogens is 3. The topological polar surface area (TPSA) is 78.9 Å². The lowest BCUT2D eigenvalue weighted by molar-refractivity contribution is 0.0697. The summed E-state index contributed by atoms with van der Waals surface area (Å²) in [5.74, 6) is -0.522. The molecule has 0 bridgehead atoms. The van der Waals surface area contributed by atoms with Crippen molar-refractivity contribution in [2.75, 3.05) is 0 Å². The highest BCUT2D eigenvalue weighted by molar-refractivity contribution is 6.06. The van der Waals surface area contributed by atoms with E-state index in [-0.39, 0.29) is 0 Å². The van der Waals surface area contributed by atoms with Gasteiger partial charge in [-0.2, -0.15) is 5.10 Å². The van der Waals surface area contributed by atoms with Crippen LogP contribution in [0.1, 0.15) is 51.9 Å². The summed E-state index contributed by atoms with van der Waals surface area (Å²) in [7, 11) is 0. The predicted molar refractivity (Wildman–Crippen MR) is 102 cm³/mol. The summed E-state index contributed by atoms with van der Waals surface area (Å²) in [5, 5.41) is 17.9. The Bertz CT molecular complexity index is 1040. The monoisotopic (exact) mass is 347 g/mol. The van der Waals surface area contributed by atoms with Crippen molar-refractivity contribution in [3.63, 3.8) is 0 Å². The van der Waals surface area contributed by atoms with Gasteiger partial charge in [-0.1, -0.05) is 25.1 Å². The van der Waals surface area contributed by atoms with E-state index < -0.39 is 5.97 Å². The molecule has 0 radical (unpaired) electrons. The third-order valence-corrected chi connectivity index (χ3v) is 5.14. The molecule has 0 amide bonds. The van der Waals surface area contributed by atoms with Crippen molar-refractivity contribution >= 4 is 28.5 Å².